The third kappa shape index (κ3) is 8.18. The molecule has 0 spiro atoms. The molecule has 32 heavy (non-hydrogen) atoms. The van der Waals surface area contributed by atoms with Crippen LogP contribution in [0.5, 0.6) is 11.5 Å². The van der Waals surface area contributed by atoms with E-state index in [0.29, 0.717) is 37.0 Å². The maximum absolute atomic E-state index is 13.1. The van der Waals surface area contributed by atoms with E-state index in [1.54, 1.807) is 26.4 Å². The number of carbonyl (C=O) groups is 1. The van der Waals surface area contributed by atoms with Gasteiger partial charge in [0.1, 0.15) is 17.3 Å². The number of hydrogen-bond acceptors (Lipinski definition) is 4. The molecular formula is C23H32FIN4O3. The fourth-order valence-electron chi connectivity index (χ4n) is 3.14. The van der Waals surface area contributed by atoms with E-state index in [1.165, 1.54) is 12.1 Å². The summed E-state index contributed by atoms with van der Waals surface area (Å²) in [6.45, 7) is 3.40. The van der Waals surface area contributed by atoms with Gasteiger partial charge in [-0.3, -0.25) is 9.79 Å². The van der Waals surface area contributed by atoms with Crippen molar-refractivity contribution < 1.29 is 18.7 Å². The van der Waals surface area contributed by atoms with Crippen LogP contribution in [0, 0.1) is 11.7 Å². The zero-order valence-corrected chi connectivity index (χ0v) is 21.3. The Kier molecular flexibility index (Phi) is 11.8. The lowest BCUT2D eigenvalue weighted by molar-refractivity contribution is -0.121. The van der Waals surface area contributed by atoms with Gasteiger partial charge < -0.3 is 25.4 Å². The summed E-state index contributed by atoms with van der Waals surface area (Å²) in [6, 6.07) is 11.7. The van der Waals surface area contributed by atoms with Gasteiger partial charge in [-0.2, -0.15) is 0 Å². The number of hydrogen-bond donors (Lipinski definition) is 2. The van der Waals surface area contributed by atoms with Crippen molar-refractivity contribution in [1.29, 1.82) is 0 Å². The van der Waals surface area contributed by atoms with Crippen LogP contribution in [0.3, 0.4) is 0 Å². The number of aliphatic imine (C=N–C) groups is 1. The predicted molar refractivity (Wildman–Crippen MR) is 135 cm³/mol. The van der Waals surface area contributed by atoms with Gasteiger partial charge in [0.15, 0.2) is 5.96 Å². The van der Waals surface area contributed by atoms with E-state index in [9.17, 15) is 9.18 Å². The van der Waals surface area contributed by atoms with E-state index >= 15 is 0 Å². The minimum atomic E-state index is -0.497. The Bertz CT molecular complexity index is 893. The molecule has 0 radical (unpaired) electrons. The van der Waals surface area contributed by atoms with Crippen LogP contribution in [-0.4, -0.2) is 51.1 Å². The van der Waals surface area contributed by atoms with Crippen LogP contribution in [0.25, 0.3) is 0 Å². The zero-order valence-electron chi connectivity index (χ0n) is 18.9. The quantitative estimate of drug-likeness (QED) is 0.266. The zero-order chi connectivity index (χ0) is 22.8. The SMILES string of the molecule is CCNC(=NCC(Cc1ccc(F)cc1)C(N)=O)N(C)Cc1ccc(OC)cc1OC.I. The lowest BCUT2D eigenvalue weighted by atomic mass is 9.99. The summed E-state index contributed by atoms with van der Waals surface area (Å²) in [5.74, 6) is 0.821. The van der Waals surface area contributed by atoms with Crippen LogP contribution >= 0.6 is 24.0 Å². The van der Waals surface area contributed by atoms with Gasteiger partial charge in [-0.15, -0.1) is 24.0 Å². The van der Waals surface area contributed by atoms with E-state index in [0.717, 1.165) is 11.1 Å². The molecule has 1 unspecified atom stereocenters. The standard InChI is InChI=1S/C23H31FN4O3.HI/c1-5-26-23(28(2)15-17-8-11-20(30-3)13-21(17)31-4)27-14-18(22(25)29)12-16-6-9-19(24)10-7-16;/h6-11,13,18H,5,12,14-15H2,1-4H3,(H2,25,29)(H,26,27);1H. The molecule has 3 N–H and O–H groups in total. The lowest BCUT2D eigenvalue weighted by Crippen LogP contribution is -2.39. The summed E-state index contributed by atoms with van der Waals surface area (Å²) in [5.41, 5.74) is 7.40. The van der Waals surface area contributed by atoms with Crippen molar-refractivity contribution in [3.05, 3.63) is 59.4 Å². The number of nitrogens with zero attached hydrogens (tertiary/aromatic N) is 2. The number of nitrogens with two attached hydrogens (primary N) is 1. The highest BCUT2D eigenvalue weighted by atomic mass is 127. The first-order valence-electron chi connectivity index (χ1n) is 10.1. The van der Waals surface area contributed by atoms with Crippen molar-refractivity contribution in [1.82, 2.24) is 10.2 Å². The van der Waals surface area contributed by atoms with Gasteiger partial charge >= 0.3 is 0 Å². The number of benzene rings is 2. The summed E-state index contributed by atoms with van der Waals surface area (Å²) in [5, 5.41) is 3.24. The normalized spacial score (nSPS) is 11.8. The first kappa shape index (κ1) is 27.5. The van der Waals surface area contributed by atoms with Crippen LogP contribution < -0.4 is 20.5 Å². The average Bonchev–Trinajstić information content (AvgIpc) is 2.76. The lowest BCUT2D eigenvalue weighted by Gasteiger charge is -2.24. The van der Waals surface area contributed by atoms with Gasteiger partial charge in [0.25, 0.3) is 0 Å². The molecule has 0 heterocycles. The number of primary amides is 1. The van der Waals surface area contributed by atoms with Gasteiger partial charge in [-0.1, -0.05) is 12.1 Å². The molecule has 2 aromatic carbocycles. The van der Waals surface area contributed by atoms with E-state index in [2.05, 4.69) is 10.3 Å². The molecule has 2 rings (SSSR count). The van der Waals surface area contributed by atoms with Crippen LogP contribution in [0.15, 0.2) is 47.5 Å². The van der Waals surface area contributed by atoms with Gasteiger partial charge in [0.2, 0.25) is 5.91 Å². The molecule has 0 saturated heterocycles. The Balaban J connectivity index is 0.00000512. The molecule has 2 aromatic rings. The molecule has 1 amide bonds. The van der Waals surface area contributed by atoms with Crippen molar-refractivity contribution in [3.8, 4) is 11.5 Å². The molecule has 0 aromatic heterocycles. The smallest absolute Gasteiger partial charge is 0.222 e. The Morgan fingerprint density at radius 2 is 1.88 bits per heavy atom. The van der Waals surface area contributed by atoms with Crippen molar-refractivity contribution in [2.45, 2.75) is 19.9 Å². The maximum Gasteiger partial charge on any atom is 0.222 e. The third-order valence-corrected chi connectivity index (χ3v) is 4.86. The molecule has 0 aliphatic heterocycles. The molecule has 7 nitrogen and oxygen atoms in total. The minimum absolute atomic E-state index is 0. The number of carbonyl (C=O) groups excluding carboxylic acids is 1. The van der Waals surface area contributed by atoms with Gasteiger partial charge in [0, 0.05) is 31.8 Å². The van der Waals surface area contributed by atoms with Crippen molar-refractivity contribution >= 4 is 35.8 Å². The summed E-state index contributed by atoms with van der Waals surface area (Å²) >= 11 is 0. The number of halogens is 2. The minimum Gasteiger partial charge on any atom is -0.497 e. The second-order valence-electron chi connectivity index (χ2n) is 7.16. The van der Waals surface area contributed by atoms with Gasteiger partial charge in [-0.25, -0.2) is 4.39 Å². The summed E-state index contributed by atoms with van der Waals surface area (Å²) in [6.07, 6.45) is 0.397. The number of nitrogens with one attached hydrogen (secondary N) is 1. The molecule has 0 fully saturated rings. The van der Waals surface area contributed by atoms with Crippen molar-refractivity contribution in [2.75, 3.05) is 34.4 Å². The number of guanidine groups is 1. The van der Waals surface area contributed by atoms with Crippen LogP contribution in [0.4, 0.5) is 4.39 Å². The third-order valence-electron chi connectivity index (χ3n) is 4.86. The molecule has 9 heteroatoms. The average molecular weight is 558 g/mol. The van der Waals surface area contributed by atoms with Crippen LogP contribution in [0.2, 0.25) is 0 Å². The van der Waals surface area contributed by atoms with E-state index in [1.807, 2.05) is 37.1 Å². The fourth-order valence-corrected chi connectivity index (χ4v) is 3.14. The highest BCUT2D eigenvalue weighted by Gasteiger charge is 2.18. The first-order chi connectivity index (χ1) is 14.9. The molecule has 1 atom stereocenters. The highest BCUT2D eigenvalue weighted by molar-refractivity contribution is 14.0. The van der Waals surface area contributed by atoms with Crippen LogP contribution in [0.1, 0.15) is 18.1 Å². The fraction of sp³-hybridized carbons (Fsp3) is 0.391. The Labute approximate surface area is 206 Å². The number of amides is 1. The van der Waals surface area contributed by atoms with Crippen molar-refractivity contribution in [3.63, 3.8) is 0 Å². The Morgan fingerprint density at radius 1 is 1.19 bits per heavy atom. The number of ether oxygens (including phenoxy) is 2. The van der Waals surface area contributed by atoms with E-state index in [-0.39, 0.29) is 36.3 Å². The second kappa shape index (κ2) is 13.8. The number of rotatable bonds is 10. The van der Waals surface area contributed by atoms with Gasteiger partial charge in [0.05, 0.1) is 26.7 Å². The Morgan fingerprint density at radius 3 is 2.44 bits per heavy atom. The number of methoxy groups -OCH3 is 2. The highest BCUT2D eigenvalue weighted by Crippen LogP contribution is 2.25. The first-order valence-corrected chi connectivity index (χ1v) is 10.1. The summed E-state index contributed by atoms with van der Waals surface area (Å²) < 4.78 is 23.9. The van der Waals surface area contributed by atoms with Crippen molar-refractivity contribution in [2.24, 2.45) is 16.6 Å². The van der Waals surface area contributed by atoms with Gasteiger partial charge in [-0.05, 0) is 43.2 Å². The molecule has 0 aliphatic carbocycles. The monoisotopic (exact) mass is 558 g/mol. The van der Waals surface area contributed by atoms with E-state index in [4.69, 9.17) is 15.2 Å². The predicted octanol–water partition coefficient (Wildman–Crippen LogP) is 3.20. The largest absolute Gasteiger partial charge is 0.497 e. The Hall–Kier alpha value is -2.56. The maximum atomic E-state index is 13.1. The molecule has 176 valence electrons. The molecule has 0 bridgehead atoms. The molecule has 0 saturated carbocycles. The molecule has 0 aliphatic rings. The molecular weight excluding hydrogens is 526 g/mol. The van der Waals surface area contributed by atoms with E-state index < -0.39 is 11.8 Å². The summed E-state index contributed by atoms with van der Waals surface area (Å²) in [4.78, 5) is 18.5. The topological polar surface area (TPSA) is 89.2 Å². The van der Waals surface area contributed by atoms with Crippen LogP contribution in [-0.2, 0) is 17.8 Å². The second-order valence-corrected chi connectivity index (χ2v) is 7.16. The summed E-state index contributed by atoms with van der Waals surface area (Å²) in [7, 11) is 5.13.